The standard InChI is InChI=1S/C16H22N2O3/c19-15(17-11-3-4-11)10-18-12-5-6-13(18)9-16(20,8-12)14-2-1-7-21-14/h1-2,7,11-13,20H,3-6,8-10H2,(H,17,19)/t12-,13+,16?. The van der Waals surface area contributed by atoms with Crippen molar-refractivity contribution in [1.29, 1.82) is 0 Å². The number of amides is 1. The van der Waals surface area contributed by atoms with Crippen molar-refractivity contribution in [2.75, 3.05) is 6.54 Å². The molecule has 1 aliphatic carbocycles. The van der Waals surface area contributed by atoms with Crippen molar-refractivity contribution < 1.29 is 14.3 Å². The van der Waals surface area contributed by atoms with Crippen molar-refractivity contribution in [1.82, 2.24) is 10.2 Å². The van der Waals surface area contributed by atoms with Crippen molar-refractivity contribution in [3.05, 3.63) is 24.2 Å². The molecule has 5 nitrogen and oxygen atoms in total. The molecule has 1 saturated carbocycles. The molecule has 2 bridgehead atoms. The second-order valence-corrected chi connectivity index (χ2v) is 6.82. The van der Waals surface area contributed by atoms with E-state index in [0.717, 1.165) is 25.7 Å². The Bertz CT molecular complexity index is 510. The Labute approximate surface area is 124 Å². The molecule has 0 spiro atoms. The first-order chi connectivity index (χ1) is 10.1. The lowest BCUT2D eigenvalue weighted by molar-refractivity contribution is -0.126. The molecule has 5 heteroatoms. The molecular formula is C16H22N2O3. The summed E-state index contributed by atoms with van der Waals surface area (Å²) >= 11 is 0. The molecule has 21 heavy (non-hydrogen) atoms. The zero-order valence-electron chi connectivity index (χ0n) is 12.1. The van der Waals surface area contributed by atoms with Crippen molar-refractivity contribution in [3.63, 3.8) is 0 Å². The van der Waals surface area contributed by atoms with Gasteiger partial charge in [0.15, 0.2) is 0 Å². The Hall–Kier alpha value is -1.33. The summed E-state index contributed by atoms with van der Waals surface area (Å²) in [5.74, 6) is 0.805. The van der Waals surface area contributed by atoms with Gasteiger partial charge in [-0.25, -0.2) is 0 Å². The summed E-state index contributed by atoms with van der Waals surface area (Å²) in [4.78, 5) is 14.3. The molecule has 2 aliphatic heterocycles. The van der Waals surface area contributed by atoms with Gasteiger partial charge in [0.05, 0.1) is 12.8 Å². The van der Waals surface area contributed by atoms with Gasteiger partial charge in [-0.05, 0) is 50.7 Å². The normalized spacial score (nSPS) is 35.9. The lowest BCUT2D eigenvalue weighted by Crippen LogP contribution is -2.52. The van der Waals surface area contributed by atoms with Crippen molar-refractivity contribution in [2.24, 2.45) is 0 Å². The van der Waals surface area contributed by atoms with Crippen LogP contribution in [0.25, 0.3) is 0 Å². The molecule has 0 aromatic carbocycles. The highest BCUT2D eigenvalue weighted by molar-refractivity contribution is 5.78. The van der Waals surface area contributed by atoms with E-state index in [2.05, 4.69) is 10.2 Å². The summed E-state index contributed by atoms with van der Waals surface area (Å²) in [5.41, 5.74) is -0.862. The molecule has 1 unspecified atom stereocenters. The second-order valence-electron chi connectivity index (χ2n) is 6.82. The first-order valence-electron chi connectivity index (χ1n) is 7.95. The number of rotatable bonds is 4. The summed E-state index contributed by atoms with van der Waals surface area (Å²) in [7, 11) is 0. The van der Waals surface area contributed by atoms with E-state index in [-0.39, 0.29) is 18.0 Å². The van der Waals surface area contributed by atoms with Gasteiger partial charge in [-0.2, -0.15) is 0 Å². The van der Waals surface area contributed by atoms with Gasteiger partial charge in [-0.15, -0.1) is 0 Å². The van der Waals surface area contributed by atoms with Crippen LogP contribution in [-0.4, -0.2) is 40.6 Å². The highest BCUT2D eigenvalue weighted by atomic mass is 16.4. The van der Waals surface area contributed by atoms with E-state index in [1.165, 1.54) is 0 Å². The van der Waals surface area contributed by atoms with Crippen LogP contribution < -0.4 is 5.32 Å². The molecule has 3 aliphatic rings. The van der Waals surface area contributed by atoms with Crippen LogP contribution in [-0.2, 0) is 10.4 Å². The number of aliphatic hydroxyl groups is 1. The third-order valence-corrected chi connectivity index (χ3v) is 5.17. The van der Waals surface area contributed by atoms with Crippen LogP contribution in [0.5, 0.6) is 0 Å². The smallest absolute Gasteiger partial charge is 0.234 e. The largest absolute Gasteiger partial charge is 0.466 e. The van der Waals surface area contributed by atoms with E-state index in [4.69, 9.17) is 4.42 Å². The Morgan fingerprint density at radius 3 is 2.62 bits per heavy atom. The SMILES string of the molecule is O=C(CN1[C@@H]2CC[C@H]1CC(O)(c1ccco1)C2)NC1CC1. The van der Waals surface area contributed by atoms with E-state index in [1.54, 1.807) is 6.26 Å². The lowest BCUT2D eigenvalue weighted by atomic mass is 9.84. The molecule has 1 amide bonds. The van der Waals surface area contributed by atoms with E-state index < -0.39 is 5.60 Å². The fraction of sp³-hybridized carbons (Fsp3) is 0.688. The number of nitrogens with zero attached hydrogens (tertiary/aromatic N) is 1. The summed E-state index contributed by atoms with van der Waals surface area (Å²) in [6.07, 6.45) is 7.30. The maximum atomic E-state index is 12.0. The highest BCUT2D eigenvalue weighted by Crippen LogP contribution is 2.45. The zero-order chi connectivity index (χ0) is 14.4. The summed E-state index contributed by atoms with van der Waals surface area (Å²) in [5, 5.41) is 14.0. The number of carbonyl (C=O) groups is 1. The number of furan rings is 1. The minimum absolute atomic E-state index is 0.137. The third kappa shape index (κ3) is 2.49. The fourth-order valence-corrected chi connectivity index (χ4v) is 3.99. The van der Waals surface area contributed by atoms with Crippen LogP contribution in [0.2, 0.25) is 0 Å². The zero-order valence-corrected chi connectivity index (χ0v) is 12.1. The predicted molar refractivity (Wildman–Crippen MR) is 76.5 cm³/mol. The number of piperidine rings is 1. The topological polar surface area (TPSA) is 65.7 Å². The van der Waals surface area contributed by atoms with Crippen LogP contribution in [0, 0.1) is 0 Å². The monoisotopic (exact) mass is 290 g/mol. The number of carbonyl (C=O) groups excluding carboxylic acids is 1. The van der Waals surface area contributed by atoms with Gasteiger partial charge < -0.3 is 14.8 Å². The summed E-state index contributed by atoms with van der Waals surface area (Å²) < 4.78 is 5.43. The van der Waals surface area contributed by atoms with E-state index >= 15 is 0 Å². The van der Waals surface area contributed by atoms with Gasteiger partial charge in [0.1, 0.15) is 11.4 Å². The maximum Gasteiger partial charge on any atom is 0.234 e. The molecule has 3 heterocycles. The Balaban J connectivity index is 1.44. The minimum atomic E-state index is -0.862. The number of nitrogens with one attached hydrogen (secondary N) is 1. The highest BCUT2D eigenvalue weighted by Gasteiger charge is 2.50. The Morgan fingerprint density at radius 1 is 1.33 bits per heavy atom. The average molecular weight is 290 g/mol. The molecule has 3 atom stereocenters. The van der Waals surface area contributed by atoms with Crippen LogP contribution in [0.3, 0.4) is 0 Å². The minimum Gasteiger partial charge on any atom is -0.466 e. The molecule has 2 saturated heterocycles. The van der Waals surface area contributed by atoms with Gasteiger partial charge in [-0.3, -0.25) is 9.69 Å². The van der Waals surface area contributed by atoms with Crippen LogP contribution in [0.1, 0.15) is 44.3 Å². The second kappa shape index (κ2) is 4.85. The maximum absolute atomic E-state index is 12.0. The number of fused-ring (bicyclic) bond motifs is 2. The molecule has 0 radical (unpaired) electrons. The first-order valence-corrected chi connectivity index (χ1v) is 7.95. The summed E-state index contributed by atoms with van der Waals surface area (Å²) in [6.45, 7) is 0.472. The predicted octanol–water partition coefficient (Wildman–Crippen LogP) is 1.37. The number of hydrogen-bond donors (Lipinski definition) is 2. The molecule has 1 aromatic rings. The van der Waals surface area contributed by atoms with Crippen molar-refractivity contribution >= 4 is 5.91 Å². The molecule has 4 rings (SSSR count). The lowest BCUT2D eigenvalue weighted by Gasteiger charge is -2.42. The van der Waals surface area contributed by atoms with Gasteiger partial charge in [0.25, 0.3) is 0 Å². The van der Waals surface area contributed by atoms with Crippen LogP contribution in [0.4, 0.5) is 0 Å². The van der Waals surface area contributed by atoms with Crippen molar-refractivity contribution in [2.45, 2.75) is 62.3 Å². The van der Waals surface area contributed by atoms with Gasteiger partial charge >= 0.3 is 0 Å². The van der Waals surface area contributed by atoms with Gasteiger partial charge in [-0.1, -0.05) is 0 Å². The Kier molecular flexibility index (Phi) is 3.08. The molecule has 3 fully saturated rings. The Morgan fingerprint density at radius 2 is 2.05 bits per heavy atom. The average Bonchev–Trinajstić information content (AvgIpc) is 2.98. The summed E-state index contributed by atoms with van der Waals surface area (Å²) in [6, 6.07) is 4.66. The third-order valence-electron chi connectivity index (χ3n) is 5.17. The van der Waals surface area contributed by atoms with Gasteiger partial charge in [0.2, 0.25) is 5.91 Å². The van der Waals surface area contributed by atoms with Gasteiger partial charge in [0, 0.05) is 18.1 Å². The van der Waals surface area contributed by atoms with E-state index in [0.29, 0.717) is 31.2 Å². The quantitative estimate of drug-likeness (QED) is 0.879. The van der Waals surface area contributed by atoms with Crippen molar-refractivity contribution in [3.8, 4) is 0 Å². The van der Waals surface area contributed by atoms with E-state index in [1.807, 2.05) is 12.1 Å². The first kappa shape index (κ1) is 13.3. The van der Waals surface area contributed by atoms with E-state index in [9.17, 15) is 9.90 Å². The van der Waals surface area contributed by atoms with Crippen LogP contribution >= 0.6 is 0 Å². The molecule has 114 valence electrons. The molecular weight excluding hydrogens is 268 g/mol. The number of hydrogen-bond acceptors (Lipinski definition) is 4. The molecule has 1 aromatic heterocycles. The fourth-order valence-electron chi connectivity index (χ4n) is 3.99. The molecule has 2 N–H and O–H groups in total. The van der Waals surface area contributed by atoms with Crippen LogP contribution in [0.15, 0.2) is 22.8 Å².